The Hall–Kier alpha value is -3.34. The minimum absolute atomic E-state index is 0.0135. The number of nitrogens with zero attached hydrogens (tertiary/aromatic N) is 6. The molecule has 0 amide bonds. The highest BCUT2D eigenvalue weighted by Crippen LogP contribution is 2.20. The van der Waals surface area contributed by atoms with E-state index < -0.39 is 4.92 Å². The number of aromatic nitrogens is 4. The summed E-state index contributed by atoms with van der Waals surface area (Å²) < 4.78 is 1.37. The van der Waals surface area contributed by atoms with Crippen LogP contribution in [-0.4, -0.2) is 24.7 Å². The number of nitro groups is 1. The summed E-state index contributed by atoms with van der Waals surface area (Å²) in [5.41, 5.74) is 0.613. The molecule has 0 bridgehead atoms. The molecule has 0 aliphatic rings. The van der Waals surface area contributed by atoms with Gasteiger partial charge in [-0.15, -0.1) is 5.10 Å². The summed E-state index contributed by atoms with van der Waals surface area (Å²) in [7, 11) is 0. The van der Waals surface area contributed by atoms with Crippen molar-refractivity contribution in [3.8, 4) is 11.9 Å². The molecule has 1 aromatic carbocycles. The van der Waals surface area contributed by atoms with Crippen molar-refractivity contribution in [1.82, 2.24) is 19.7 Å². The zero-order chi connectivity index (χ0) is 14.1. The number of rotatable bonds is 2. The summed E-state index contributed by atoms with van der Waals surface area (Å²) in [4.78, 5) is 18.4. The van der Waals surface area contributed by atoms with E-state index in [1.54, 1.807) is 18.2 Å². The summed E-state index contributed by atoms with van der Waals surface area (Å²) in [5, 5.41) is 24.0. The lowest BCUT2D eigenvalue weighted by molar-refractivity contribution is -0.384. The van der Waals surface area contributed by atoms with Gasteiger partial charge < -0.3 is 0 Å². The maximum absolute atomic E-state index is 10.7. The van der Waals surface area contributed by atoms with Gasteiger partial charge in [0.2, 0.25) is 0 Å². The molecule has 0 fully saturated rings. The highest BCUT2D eigenvalue weighted by molar-refractivity contribution is 5.81. The van der Waals surface area contributed by atoms with Crippen LogP contribution >= 0.6 is 0 Å². The second kappa shape index (κ2) is 4.40. The van der Waals surface area contributed by atoms with E-state index in [4.69, 9.17) is 5.26 Å². The molecule has 0 saturated heterocycles. The molecule has 2 aromatic heterocycles. The predicted molar refractivity (Wildman–Crippen MR) is 68.0 cm³/mol. The molecule has 0 radical (unpaired) electrons. The van der Waals surface area contributed by atoms with Gasteiger partial charge in [-0.25, -0.2) is 14.6 Å². The Labute approximate surface area is 112 Å². The molecule has 8 nitrogen and oxygen atoms in total. The number of nitriles is 1. The zero-order valence-corrected chi connectivity index (χ0v) is 9.96. The first-order chi connectivity index (χ1) is 9.67. The lowest BCUT2D eigenvalue weighted by Crippen LogP contribution is -1.98. The molecular weight excluding hydrogens is 260 g/mol. The maximum atomic E-state index is 10.7. The number of hydrogen-bond acceptors (Lipinski definition) is 6. The lowest BCUT2D eigenvalue weighted by Gasteiger charge is -2.02. The van der Waals surface area contributed by atoms with Crippen LogP contribution in [0.15, 0.2) is 36.7 Å². The van der Waals surface area contributed by atoms with Gasteiger partial charge in [0.25, 0.3) is 11.5 Å². The first kappa shape index (κ1) is 11.7. The molecule has 0 unspecified atom stereocenters. The Balaban J connectivity index is 2.09. The third-order valence-corrected chi connectivity index (χ3v) is 2.70. The van der Waals surface area contributed by atoms with Crippen LogP contribution in [-0.2, 0) is 0 Å². The molecule has 0 atom stereocenters. The van der Waals surface area contributed by atoms with E-state index in [-0.39, 0.29) is 11.5 Å². The van der Waals surface area contributed by atoms with E-state index in [1.165, 1.54) is 23.1 Å². The Morgan fingerprint density at radius 3 is 2.85 bits per heavy atom. The van der Waals surface area contributed by atoms with E-state index in [0.717, 1.165) is 0 Å². The minimum atomic E-state index is -0.454. The largest absolute Gasteiger partial charge is 0.270 e. The Morgan fingerprint density at radius 1 is 1.30 bits per heavy atom. The molecule has 0 aliphatic heterocycles. The first-order valence-electron chi connectivity index (χ1n) is 5.55. The Morgan fingerprint density at radius 2 is 2.15 bits per heavy atom. The van der Waals surface area contributed by atoms with Crippen molar-refractivity contribution in [2.75, 3.05) is 0 Å². The van der Waals surface area contributed by atoms with Crippen molar-refractivity contribution in [3.63, 3.8) is 0 Å². The van der Waals surface area contributed by atoms with Crippen molar-refractivity contribution in [2.24, 2.45) is 0 Å². The quantitative estimate of drug-likeness (QED) is 0.514. The highest BCUT2D eigenvalue weighted by atomic mass is 16.6. The van der Waals surface area contributed by atoms with Crippen LogP contribution in [0.3, 0.4) is 0 Å². The van der Waals surface area contributed by atoms with Gasteiger partial charge in [0.1, 0.15) is 12.4 Å². The van der Waals surface area contributed by atoms with Gasteiger partial charge >= 0.3 is 0 Å². The molecule has 3 aromatic rings. The molecule has 0 saturated carbocycles. The monoisotopic (exact) mass is 266 g/mol. The molecule has 96 valence electrons. The molecule has 0 N–H and O–H groups in total. The first-order valence-corrected chi connectivity index (χ1v) is 5.55. The molecule has 3 rings (SSSR count). The second-order valence-corrected chi connectivity index (χ2v) is 3.93. The van der Waals surface area contributed by atoms with Crippen LogP contribution in [0.4, 0.5) is 5.69 Å². The van der Waals surface area contributed by atoms with Crippen LogP contribution in [0.5, 0.6) is 0 Å². The fourth-order valence-corrected chi connectivity index (χ4v) is 1.77. The fraction of sp³-hybridized carbons (Fsp3) is 0. The van der Waals surface area contributed by atoms with Crippen molar-refractivity contribution >= 4 is 16.6 Å². The number of benzene rings is 1. The second-order valence-electron chi connectivity index (χ2n) is 3.93. The number of fused-ring (bicyclic) bond motifs is 1. The standard InChI is InChI=1S/C12H6N6O2/c13-6-11-14-7-17(16-11)12-4-1-8-5-9(18(19)20)2-3-10(8)15-12/h1-5,7H. The van der Waals surface area contributed by atoms with Gasteiger partial charge in [-0.1, -0.05) is 0 Å². The van der Waals surface area contributed by atoms with Crippen molar-refractivity contribution in [1.29, 1.82) is 5.26 Å². The molecule has 2 heterocycles. The summed E-state index contributed by atoms with van der Waals surface area (Å²) in [6.45, 7) is 0. The Kier molecular flexibility index (Phi) is 2.58. The lowest BCUT2D eigenvalue weighted by atomic mass is 10.2. The van der Waals surface area contributed by atoms with Crippen LogP contribution < -0.4 is 0 Å². The number of nitro benzene ring substituents is 1. The van der Waals surface area contributed by atoms with E-state index in [1.807, 2.05) is 6.07 Å². The molecule has 8 heteroatoms. The Bertz CT molecular complexity index is 864. The van der Waals surface area contributed by atoms with Gasteiger partial charge in [0.15, 0.2) is 5.82 Å². The average Bonchev–Trinajstić information content (AvgIpc) is 2.95. The summed E-state index contributed by atoms with van der Waals surface area (Å²) >= 11 is 0. The van der Waals surface area contributed by atoms with Crippen molar-refractivity contribution < 1.29 is 4.92 Å². The van der Waals surface area contributed by atoms with E-state index in [2.05, 4.69) is 15.1 Å². The van der Waals surface area contributed by atoms with Crippen molar-refractivity contribution in [2.45, 2.75) is 0 Å². The average molecular weight is 266 g/mol. The molecular formula is C12H6N6O2. The highest BCUT2D eigenvalue weighted by Gasteiger charge is 2.08. The molecule has 0 aliphatic carbocycles. The third kappa shape index (κ3) is 1.93. The van der Waals surface area contributed by atoms with E-state index >= 15 is 0 Å². The molecule has 20 heavy (non-hydrogen) atoms. The predicted octanol–water partition coefficient (Wildman–Crippen LogP) is 1.60. The zero-order valence-electron chi connectivity index (χ0n) is 9.96. The third-order valence-electron chi connectivity index (χ3n) is 2.70. The molecule has 0 spiro atoms. The fourth-order valence-electron chi connectivity index (χ4n) is 1.77. The number of pyridine rings is 1. The van der Waals surface area contributed by atoms with Gasteiger partial charge in [0.05, 0.1) is 10.4 Å². The van der Waals surface area contributed by atoms with Crippen LogP contribution in [0.2, 0.25) is 0 Å². The van der Waals surface area contributed by atoms with Crippen molar-refractivity contribution in [3.05, 3.63) is 52.6 Å². The minimum Gasteiger partial charge on any atom is -0.258 e. The maximum Gasteiger partial charge on any atom is 0.270 e. The van der Waals surface area contributed by atoms with E-state index in [9.17, 15) is 10.1 Å². The topological polar surface area (TPSA) is 111 Å². The van der Waals surface area contributed by atoms with Gasteiger partial charge in [-0.2, -0.15) is 5.26 Å². The van der Waals surface area contributed by atoms with Crippen LogP contribution in [0, 0.1) is 21.4 Å². The normalized spacial score (nSPS) is 10.3. The van der Waals surface area contributed by atoms with Gasteiger partial charge in [0, 0.05) is 17.5 Å². The number of hydrogen-bond donors (Lipinski definition) is 0. The van der Waals surface area contributed by atoms with Crippen LogP contribution in [0.25, 0.3) is 16.7 Å². The van der Waals surface area contributed by atoms with Gasteiger partial charge in [-0.05, 0) is 18.2 Å². The summed E-state index contributed by atoms with van der Waals surface area (Å²) in [6.07, 6.45) is 1.39. The summed E-state index contributed by atoms with van der Waals surface area (Å²) in [6, 6.07) is 9.60. The van der Waals surface area contributed by atoms with Gasteiger partial charge in [-0.3, -0.25) is 10.1 Å². The summed E-state index contributed by atoms with van der Waals surface area (Å²) in [5.74, 6) is 0.538. The SMILES string of the molecule is N#Cc1ncn(-c2ccc3cc([N+](=O)[O-])ccc3n2)n1. The van der Waals surface area contributed by atoms with Crippen LogP contribution in [0.1, 0.15) is 5.82 Å². The number of non-ortho nitro benzene ring substituents is 1. The smallest absolute Gasteiger partial charge is 0.258 e. The van der Waals surface area contributed by atoms with E-state index in [0.29, 0.717) is 16.7 Å².